The van der Waals surface area contributed by atoms with Crippen LogP contribution in [0, 0.1) is 19.8 Å². The summed E-state index contributed by atoms with van der Waals surface area (Å²) in [5.74, 6) is 0.896. The summed E-state index contributed by atoms with van der Waals surface area (Å²) in [7, 11) is 0. The van der Waals surface area contributed by atoms with Crippen molar-refractivity contribution in [2.75, 3.05) is 37.7 Å². The number of anilines is 1. The maximum absolute atomic E-state index is 12.3. The van der Waals surface area contributed by atoms with E-state index in [1.54, 1.807) is 0 Å². The zero-order valence-electron chi connectivity index (χ0n) is 14.5. The van der Waals surface area contributed by atoms with Gasteiger partial charge in [-0.3, -0.25) is 4.79 Å². The molecule has 0 unspecified atom stereocenters. The summed E-state index contributed by atoms with van der Waals surface area (Å²) < 4.78 is 5.28. The SMILES string of the molecule is CCOCCCNC(=O)[C@@H]1CCCN(c2nc(C)cc(C)n2)C1. The van der Waals surface area contributed by atoms with E-state index < -0.39 is 0 Å². The second-order valence-corrected chi connectivity index (χ2v) is 6.08. The van der Waals surface area contributed by atoms with Crippen molar-refractivity contribution < 1.29 is 9.53 Å². The number of piperidine rings is 1. The molecule has 0 saturated carbocycles. The largest absolute Gasteiger partial charge is 0.382 e. The van der Waals surface area contributed by atoms with E-state index in [2.05, 4.69) is 20.2 Å². The molecule has 2 heterocycles. The van der Waals surface area contributed by atoms with Gasteiger partial charge in [0.05, 0.1) is 5.92 Å². The molecule has 1 aromatic heterocycles. The first kappa shape index (κ1) is 17.7. The van der Waals surface area contributed by atoms with Crippen LogP contribution in [-0.2, 0) is 9.53 Å². The molecule has 0 spiro atoms. The fourth-order valence-electron chi connectivity index (χ4n) is 2.90. The number of nitrogens with one attached hydrogen (secondary N) is 1. The van der Waals surface area contributed by atoms with Crippen molar-refractivity contribution in [2.24, 2.45) is 5.92 Å². The van der Waals surface area contributed by atoms with Crippen LogP contribution in [-0.4, -0.2) is 48.7 Å². The lowest BCUT2D eigenvalue weighted by molar-refractivity contribution is -0.125. The Bertz CT molecular complexity index is 501. The van der Waals surface area contributed by atoms with Crippen LogP contribution in [0.15, 0.2) is 6.07 Å². The van der Waals surface area contributed by atoms with Gasteiger partial charge in [0.15, 0.2) is 0 Å². The molecule has 1 aromatic rings. The average molecular weight is 320 g/mol. The minimum Gasteiger partial charge on any atom is -0.382 e. The van der Waals surface area contributed by atoms with Crippen molar-refractivity contribution in [3.8, 4) is 0 Å². The molecule has 0 aromatic carbocycles. The predicted octanol–water partition coefficient (Wildman–Crippen LogP) is 1.85. The summed E-state index contributed by atoms with van der Waals surface area (Å²) in [6.07, 6.45) is 2.78. The number of hydrogen-bond donors (Lipinski definition) is 1. The van der Waals surface area contributed by atoms with Gasteiger partial charge in [0, 0.05) is 44.2 Å². The molecule has 6 heteroatoms. The van der Waals surface area contributed by atoms with Gasteiger partial charge in [-0.25, -0.2) is 9.97 Å². The van der Waals surface area contributed by atoms with E-state index in [0.717, 1.165) is 49.8 Å². The van der Waals surface area contributed by atoms with E-state index in [1.165, 1.54) is 0 Å². The Balaban J connectivity index is 1.86. The fraction of sp³-hybridized carbons (Fsp3) is 0.706. The molecule has 0 radical (unpaired) electrons. The van der Waals surface area contributed by atoms with Gasteiger partial charge in [-0.15, -0.1) is 0 Å². The molecule has 1 N–H and O–H groups in total. The lowest BCUT2D eigenvalue weighted by Gasteiger charge is -2.32. The molecule has 2 rings (SSSR count). The molecule has 23 heavy (non-hydrogen) atoms. The maximum atomic E-state index is 12.3. The molecule has 1 fully saturated rings. The summed E-state index contributed by atoms with van der Waals surface area (Å²) in [6.45, 7) is 9.64. The molecule has 6 nitrogen and oxygen atoms in total. The predicted molar refractivity (Wildman–Crippen MR) is 90.6 cm³/mol. The van der Waals surface area contributed by atoms with Crippen LogP contribution in [0.5, 0.6) is 0 Å². The van der Waals surface area contributed by atoms with E-state index in [4.69, 9.17) is 4.74 Å². The monoisotopic (exact) mass is 320 g/mol. The smallest absolute Gasteiger partial charge is 0.225 e. The first-order chi connectivity index (χ1) is 11.1. The third-order valence-corrected chi connectivity index (χ3v) is 4.01. The van der Waals surface area contributed by atoms with Gasteiger partial charge in [-0.1, -0.05) is 0 Å². The van der Waals surface area contributed by atoms with Crippen LogP contribution in [0.2, 0.25) is 0 Å². The molecule has 1 atom stereocenters. The van der Waals surface area contributed by atoms with E-state index in [0.29, 0.717) is 19.7 Å². The summed E-state index contributed by atoms with van der Waals surface area (Å²) in [5, 5.41) is 3.02. The number of hydrogen-bond acceptors (Lipinski definition) is 5. The molecule has 1 saturated heterocycles. The number of nitrogens with zero attached hydrogens (tertiary/aromatic N) is 3. The summed E-state index contributed by atoms with van der Waals surface area (Å²) >= 11 is 0. The van der Waals surface area contributed by atoms with Crippen molar-refractivity contribution in [2.45, 2.75) is 40.0 Å². The standard InChI is InChI=1S/C17H28N4O2/c1-4-23-10-6-8-18-16(22)15-7-5-9-21(12-15)17-19-13(2)11-14(3)20-17/h11,15H,4-10,12H2,1-3H3,(H,18,22)/t15-/m1/s1. The lowest BCUT2D eigenvalue weighted by atomic mass is 9.97. The highest BCUT2D eigenvalue weighted by Crippen LogP contribution is 2.21. The minimum atomic E-state index is 0.0141. The molecule has 1 amide bonds. The van der Waals surface area contributed by atoms with Crippen LogP contribution in [0.3, 0.4) is 0 Å². The molecule has 1 aliphatic heterocycles. The van der Waals surface area contributed by atoms with Crippen LogP contribution >= 0.6 is 0 Å². The third-order valence-electron chi connectivity index (χ3n) is 4.01. The lowest BCUT2D eigenvalue weighted by Crippen LogP contribution is -2.44. The number of carbonyl (C=O) groups is 1. The van der Waals surface area contributed by atoms with Crippen molar-refractivity contribution in [3.05, 3.63) is 17.5 Å². The quantitative estimate of drug-likeness (QED) is 0.777. The van der Waals surface area contributed by atoms with Gasteiger partial charge in [0.25, 0.3) is 0 Å². The van der Waals surface area contributed by atoms with E-state index >= 15 is 0 Å². The van der Waals surface area contributed by atoms with Gasteiger partial charge >= 0.3 is 0 Å². The molecule has 0 bridgehead atoms. The van der Waals surface area contributed by atoms with Gasteiger partial charge < -0.3 is 15.0 Å². The summed E-state index contributed by atoms with van der Waals surface area (Å²) in [5.41, 5.74) is 1.94. The number of rotatable bonds is 7. The van der Waals surface area contributed by atoms with Crippen LogP contribution < -0.4 is 10.2 Å². The maximum Gasteiger partial charge on any atom is 0.225 e. The van der Waals surface area contributed by atoms with Gasteiger partial charge in [0.2, 0.25) is 11.9 Å². The zero-order valence-corrected chi connectivity index (χ0v) is 14.5. The van der Waals surface area contributed by atoms with E-state index in [1.807, 2.05) is 26.8 Å². The Kier molecular flexibility index (Phi) is 6.77. The van der Waals surface area contributed by atoms with Crippen molar-refractivity contribution >= 4 is 11.9 Å². The van der Waals surface area contributed by atoms with Crippen molar-refractivity contribution in [3.63, 3.8) is 0 Å². The Morgan fingerprint density at radius 1 is 1.39 bits per heavy atom. The normalized spacial score (nSPS) is 18.0. The zero-order chi connectivity index (χ0) is 16.7. The molecular formula is C17H28N4O2. The first-order valence-electron chi connectivity index (χ1n) is 8.53. The van der Waals surface area contributed by atoms with Gasteiger partial charge in [-0.05, 0) is 46.1 Å². The molecule has 1 aliphatic rings. The van der Waals surface area contributed by atoms with Crippen LogP contribution in [0.1, 0.15) is 37.6 Å². The molecule has 0 aliphatic carbocycles. The number of amides is 1. The highest BCUT2D eigenvalue weighted by molar-refractivity contribution is 5.79. The van der Waals surface area contributed by atoms with Crippen molar-refractivity contribution in [1.29, 1.82) is 0 Å². The molecular weight excluding hydrogens is 292 g/mol. The van der Waals surface area contributed by atoms with Gasteiger partial charge in [-0.2, -0.15) is 0 Å². The second kappa shape index (κ2) is 8.82. The van der Waals surface area contributed by atoms with Crippen molar-refractivity contribution in [1.82, 2.24) is 15.3 Å². The number of aromatic nitrogens is 2. The van der Waals surface area contributed by atoms with Gasteiger partial charge in [0.1, 0.15) is 0 Å². The Morgan fingerprint density at radius 3 is 2.83 bits per heavy atom. The molecule has 128 valence electrons. The van der Waals surface area contributed by atoms with Crippen LogP contribution in [0.4, 0.5) is 5.95 Å². The average Bonchev–Trinajstić information content (AvgIpc) is 2.53. The van der Waals surface area contributed by atoms with E-state index in [-0.39, 0.29) is 11.8 Å². The Morgan fingerprint density at radius 2 is 2.13 bits per heavy atom. The number of ether oxygens (including phenoxy) is 1. The summed E-state index contributed by atoms with van der Waals surface area (Å²) in [6, 6.07) is 1.97. The fourth-order valence-corrected chi connectivity index (χ4v) is 2.90. The Labute approximate surface area is 138 Å². The first-order valence-corrected chi connectivity index (χ1v) is 8.53. The second-order valence-electron chi connectivity index (χ2n) is 6.08. The topological polar surface area (TPSA) is 67.3 Å². The highest BCUT2D eigenvalue weighted by Gasteiger charge is 2.27. The minimum absolute atomic E-state index is 0.0141. The highest BCUT2D eigenvalue weighted by atomic mass is 16.5. The Hall–Kier alpha value is -1.69. The number of aryl methyl sites for hydroxylation is 2. The summed E-state index contributed by atoms with van der Waals surface area (Å²) in [4.78, 5) is 23.5. The van der Waals surface area contributed by atoms with Crippen LogP contribution in [0.25, 0.3) is 0 Å². The number of carbonyl (C=O) groups excluding carboxylic acids is 1. The van der Waals surface area contributed by atoms with E-state index in [9.17, 15) is 4.79 Å². The third kappa shape index (κ3) is 5.46.